The second-order valence-corrected chi connectivity index (χ2v) is 8.83. The summed E-state index contributed by atoms with van der Waals surface area (Å²) in [6, 6.07) is 13.1. The van der Waals surface area contributed by atoms with Crippen molar-refractivity contribution in [2.45, 2.75) is 37.2 Å². The molecule has 1 aliphatic rings. The molecule has 27 heavy (non-hydrogen) atoms. The van der Waals surface area contributed by atoms with Gasteiger partial charge < -0.3 is 5.32 Å². The highest BCUT2D eigenvalue weighted by Gasteiger charge is 2.24. The van der Waals surface area contributed by atoms with E-state index in [1.807, 2.05) is 0 Å². The number of hydrogen-bond donors (Lipinski definition) is 1. The molecular formula is C20H22N2O4S. The molecule has 3 rings (SSSR count). The lowest BCUT2D eigenvalue weighted by atomic mass is 10.1. The molecule has 1 aliphatic carbocycles. The minimum Gasteiger partial charge on any atom is -0.349 e. The van der Waals surface area contributed by atoms with E-state index in [0.29, 0.717) is 17.2 Å². The minimum absolute atomic E-state index is 0.101. The van der Waals surface area contributed by atoms with Gasteiger partial charge in [-0.15, -0.1) is 0 Å². The normalized spacial score (nSPS) is 14.2. The predicted molar refractivity (Wildman–Crippen MR) is 102 cm³/mol. The third kappa shape index (κ3) is 4.61. The molecule has 0 heterocycles. The van der Waals surface area contributed by atoms with E-state index in [9.17, 15) is 18.0 Å². The Labute approximate surface area is 159 Å². The average molecular weight is 386 g/mol. The Bertz CT molecular complexity index is 946. The summed E-state index contributed by atoms with van der Waals surface area (Å²) in [5, 5.41) is 2.92. The highest BCUT2D eigenvalue weighted by molar-refractivity contribution is 7.89. The van der Waals surface area contributed by atoms with Gasteiger partial charge in [0, 0.05) is 30.8 Å². The quantitative estimate of drug-likeness (QED) is 0.742. The van der Waals surface area contributed by atoms with Gasteiger partial charge in [-0.2, -0.15) is 4.31 Å². The first kappa shape index (κ1) is 19.3. The maximum Gasteiger partial charge on any atom is 0.251 e. The van der Waals surface area contributed by atoms with E-state index < -0.39 is 10.0 Å². The fraction of sp³-hybridized carbons (Fsp3) is 0.300. The Balaban J connectivity index is 1.68. The van der Waals surface area contributed by atoms with E-state index >= 15 is 0 Å². The molecule has 0 bridgehead atoms. The van der Waals surface area contributed by atoms with Crippen LogP contribution in [-0.4, -0.2) is 37.5 Å². The molecule has 1 saturated carbocycles. The highest BCUT2D eigenvalue weighted by atomic mass is 32.2. The molecule has 0 unspecified atom stereocenters. The monoisotopic (exact) mass is 386 g/mol. The molecular weight excluding hydrogens is 364 g/mol. The summed E-state index contributed by atoms with van der Waals surface area (Å²) in [6.07, 6.45) is 2.06. The number of rotatable bonds is 7. The number of nitrogens with one attached hydrogen (secondary N) is 1. The van der Waals surface area contributed by atoms with Gasteiger partial charge in [-0.25, -0.2) is 8.42 Å². The van der Waals surface area contributed by atoms with Crippen molar-refractivity contribution in [1.29, 1.82) is 0 Å². The zero-order valence-electron chi connectivity index (χ0n) is 15.3. The molecule has 142 valence electrons. The van der Waals surface area contributed by atoms with Gasteiger partial charge in [0.15, 0.2) is 5.78 Å². The summed E-state index contributed by atoms with van der Waals surface area (Å²) in [4.78, 5) is 23.5. The van der Waals surface area contributed by atoms with Crippen LogP contribution in [0.2, 0.25) is 0 Å². The number of hydrogen-bond acceptors (Lipinski definition) is 4. The first-order chi connectivity index (χ1) is 12.8. The zero-order chi connectivity index (χ0) is 19.6. The maximum atomic E-state index is 12.7. The lowest BCUT2D eigenvalue weighted by Crippen LogP contribution is -2.27. The van der Waals surface area contributed by atoms with Gasteiger partial charge in [0.2, 0.25) is 10.0 Å². The molecule has 0 atom stereocenters. The van der Waals surface area contributed by atoms with Gasteiger partial charge in [0.25, 0.3) is 5.91 Å². The molecule has 2 aromatic carbocycles. The Morgan fingerprint density at radius 3 is 2.07 bits per heavy atom. The van der Waals surface area contributed by atoms with Crippen LogP contribution in [0, 0.1) is 0 Å². The van der Waals surface area contributed by atoms with Crippen LogP contribution >= 0.6 is 0 Å². The Kier molecular flexibility index (Phi) is 5.43. The van der Waals surface area contributed by atoms with Gasteiger partial charge in [0.1, 0.15) is 0 Å². The van der Waals surface area contributed by atoms with Crippen molar-refractivity contribution < 1.29 is 18.0 Å². The van der Waals surface area contributed by atoms with Gasteiger partial charge in [-0.1, -0.05) is 24.3 Å². The van der Waals surface area contributed by atoms with Crippen LogP contribution in [0.4, 0.5) is 0 Å². The van der Waals surface area contributed by atoms with Crippen LogP contribution in [-0.2, 0) is 16.6 Å². The fourth-order valence-corrected chi connectivity index (χ4v) is 3.80. The Hall–Kier alpha value is -2.51. The number of carbonyl (C=O) groups is 2. The Morgan fingerprint density at radius 1 is 1.00 bits per heavy atom. The molecule has 0 aliphatic heterocycles. The number of nitrogens with zero attached hydrogens (tertiary/aromatic N) is 1. The first-order valence-electron chi connectivity index (χ1n) is 8.74. The van der Waals surface area contributed by atoms with Gasteiger partial charge in [0.05, 0.1) is 4.90 Å². The van der Waals surface area contributed by atoms with Crippen LogP contribution < -0.4 is 5.32 Å². The van der Waals surface area contributed by atoms with E-state index in [1.165, 1.54) is 42.5 Å². The number of carbonyl (C=O) groups excluding carboxylic acids is 2. The van der Waals surface area contributed by atoms with Crippen molar-refractivity contribution in [2.75, 3.05) is 7.05 Å². The highest BCUT2D eigenvalue weighted by Crippen LogP contribution is 2.20. The molecule has 0 spiro atoms. The van der Waals surface area contributed by atoms with E-state index in [4.69, 9.17) is 0 Å². The largest absolute Gasteiger partial charge is 0.349 e. The smallest absolute Gasteiger partial charge is 0.251 e. The molecule has 0 aromatic heterocycles. The van der Waals surface area contributed by atoms with Crippen LogP contribution in [0.15, 0.2) is 53.4 Å². The Morgan fingerprint density at radius 2 is 1.56 bits per heavy atom. The van der Waals surface area contributed by atoms with Crippen molar-refractivity contribution in [3.63, 3.8) is 0 Å². The van der Waals surface area contributed by atoms with Gasteiger partial charge in [-0.05, 0) is 49.6 Å². The average Bonchev–Trinajstić information content (AvgIpc) is 3.46. The number of Topliss-reactive ketones (excluding diaryl/α,β-unsaturated/α-hetero) is 1. The van der Waals surface area contributed by atoms with Crippen molar-refractivity contribution >= 4 is 21.7 Å². The van der Waals surface area contributed by atoms with Gasteiger partial charge >= 0.3 is 0 Å². The van der Waals surface area contributed by atoms with E-state index in [-0.39, 0.29) is 23.1 Å². The molecule has 1 fully saturated rings. The number of benzene rings is 2. The third-order valence-corrected chi connectivity index (χ3v) is 6.32. The van der Waals surface area contributed by atoms with Crippen LogP contribution in [0.5, 0.6) is 0 Å². The topological polar surface area (TPSA) is 83.6 Å². The van der Waals surface area contributed by atoms with E-state index in [1.54, 1.807) is 24.3 Å². The van der Waals surface area contributed by atoms with Gasteiger partial charge in [-0.3, -0.25) is 9.59 Å². The first-order valence-corrected chi connectivity index (χ1v) is 10.2. The second-order valence-electron chi connectivity index (χ2n) is 6.79. The van der Waals surface area contributed by atoms with Crippen LogP contribution in [0.3, 0.4) is 0 Å². The number of sulfonamides is 1. The standard InChI is InChI=1S/C20H22N2O4S/c1-14(23)16-7-11-19(12-8-16)27(25,26)22(2)13-15-3-5-17(6-4-15)20(24)21-18-9-10-18/h3-8,11-12,18H,9-10,13H2,1-2H3,(H,21,24). The van der Waals surface area contributed by atoms with E-state index in [2.05, 4.69) is 5.32 Å². The molecule has 0 radical (unpaired) electrons. The predicted octanol–water partition coefficient (Wildman–Crippen LogP) is 2.60. The van der Waals surface area contributed by atoms with Crippen molar-refractivity contribution in [2.24, 2.45) is 0 Å². The molecule has 2 aromatic rings. The molecule has 1 N–H and O–H groups in total. The van der Waals surface area contributed by atoms with Crippen LogP contribution in [0.1, 0.15) is 46.0 Å². The summed E-state index contributed by atoms with van der Waals surface area (Å²) in [5.41, 5.74) is 1.82. The lowest BCUT2D eigenvalue weighted by Gasteiger charge is -2.17. The van der Waals surface area contributed by atoms with Crippen LogP contribution in [0.25, 0.3) is 0 Å². The molecule has 7 heteroatoms. The summed E-state index contributed by atoms with van der Waals surface area (Å²) in [6.45, 7) is 1.62. The zero-order valence-corrected chi connectivity index (χ0v) is 16.1. The van der Waals surface area contributed by atoms with Crippen molar-refractivity contribution in [3.05, 3.63) is 65.2 Å². The molecule has 0 saturated heterocycles. The van der Waals surface area contributed by atoms with Crippen molar-refractivity contribution in [1.82, 2.24) is 9.62 Å². The SMILES string of the molecule is CC(=O)c1ccc(S(=O)(=O)N(C)Cc2ccc(C(=O)NC3CC3)cc2)cc1. The third-order valence-electron chi connectivity index (χ3n) is 4.50. The minimum atomic E-state index is -3.67. The fourth-order valence-electron chi connectivity index (χ4n) is 2.64. The summed E-state index contributed by atoms with van der Waals surface area (Å²) in [5.74, 6) is -0.214. The second kappa shape index (κ2) is 7.62. The number of amides is 1. The van der Waals surface area contributed by atoms with E-state index in [0.717, 1.165) is 18.4 Å². The summed E-state index contributed by atoms with van der Waals surface area (Å²) < 4.78 is 26.6. The molecule has 1 amide bonds. The van der Waals surface area contributed by atoms with Crippen molar-refractivity contribution in [3.8, 4) is 0 Å². The summed E-state index contributed by atoms with van der Waals surface area (Å²) in [7, 11) is -2.17. The number of ketones is 1. The lowest BCUT2D eigenvalue weighted by molar-refractivity contribution is 0.0950. The maximum absolute atomic E-state index is 12.7. The molecule has 6 nitrogen and oxygen atoms in total. The summed E-state index contributed by atoms with van der Waals surface area (Å²) >= 11 is 0.